The van der Waals surface area contributed by atoms with Crippen LogP contribution < -0.4 is 10.6 Å². The van der Waals surface area contributed by atoms with E-state index in [9.17, 15) is 8.42 Å². The molecule has 0 bridgehead atoms. The van der Waals surface area contributed by atoms with Crippen LogP contribution in [-0.4, -0.2) is 38.0 Å². The first kappa shape index (κ1) is 12.3. The van der Waals surface area contributed by atoms with E-state index in [-0.39, 0.29) is 11.5 Å². The number of hydrogen-bond donors (Lipinski definition) is 1. The number of nitrogens with two attached hydrogens (primary N) is 1. The molecule has 0 aromatic heterocycles. The molecule has 0 amide bonds. The van der Waals surface area contributed by atoms with E-state index in [0.717, 1.165) is 11.3 Å². The summed E-state index contributed by atoms with van der Waals surface area (Å²) in [5.74, 6) is 0.452. The van der Waals surface area contributed by atoms with Crippen LogP contribution in [-0.2, 0) is 9.84 Å². The molecule has 1 aromatic carbocycles. The predicted octanol–water partition coefficient (Wildman–Crippen LogP) is 0.556. The molecule has 1 saturated heterocycles. The van der Waals surface area contributed by atoms with Crippen molar-refractivity contribution in [2.45, 2.75) is 0 Å². The highest BCUT2D eigenvalue weighted by molar-refractivity contribution is 7.91. The lowest BCUT2D eigenvalue weighted by atomic mass is 10.2. The van der Waals surface area contributed by atoms with Gasteiger partial charge in [-0.1, -0.05) is 12.2 Å². The summed E-state index contributed by atoms with van der Waals surface area (Å²) in [5, 5.41) is 0. The van der Waals surface area contributed by atoms with Gasteiger partial charge in [0.1, 0.15) is 4.99 Å². The number of hydrogen-bond acceptors (Lipinski definition) is 4. The second-order valence-electron chi connectivity index (χ2n) is 4.05. The van der Waals surface area contributed by atoms with Crippen molar-refractivity contribution < 1.29 is 8.42 Å². The van der Waals surface area contributed by atoms with E-state index in [2.05, 4.69) is 4.90 Å². The summed E-state index contributed by atoms with van der Waals surface area (Å²) in [6.45, 7) is 1.10. The maximum Gasteiger partial charge on any atom is 0.153 e. The van der Waals surface area contributed by atoms with Crippen molar-refractivity contribution in [3.05, 3.63) is 29.8 Å². The van der Waals surface area contributed by atoms with Crippen LogP contribution >= 0.6 is 12.2 Å². The van der Waals surface area contributed by atoms with Crippen molar-refractivity contribution in [2.24, 2.45) is 5.73 Å². The molecule has 1 aliphatic rings. The molecule has 1 aromatic rings. The third kappa shape index (κ3) is 2.95. The average Bonchev–Trinajstić information content (AvgIpc) is 2.29. The normalized spacial score (nSPS) is 18.9. The van der Waals surface area contributed by atoms with Gasteiger partial charge >= 0.3 is 0 Å². The zero-order chi connectivity index (χ0) is 12.5. The van der Waals surface area contributed by atoms with Crippen molar-refractivity contribution in [1.82, 2.24) is 0 Å². The first-order chi connectivity index (χ1) is 7.98. The van der Waals surface area contributed by atoms with Gasteiger partial charge in [0.15, 0.2) is 9.84 Å². The molecule has 0 aliphatic carbocycles. The Morgan fingerprint density at radius 1 is 1.18 bits per heavy atom. The molecule has 1 heterocycles. The number of anilines is 1. The van der Waals surface area contributed by atoms with Gasteiger partial charge in [-0.2, -0.15) is 0 Å². The van der Waals surface area contributed by atoms with Crippen LogP contribution in [0.25, 0.3) is 0 Å². The van der Waals surface area contributed by atoms with Crippen LogP contribution in [0.4, 0.5) is 5.69 Å². The van der Waals surface area contributed by atoms with E-state index in [4.69, 9.17) is 18.0 Å². The first-order valence-corrected chi connectivity index (χ1v) is 7.56. The second kappa shape index (κ2) is 4.62. The van der Waals surface area contributed by atoms with Crippen LogP contribution in [0.15, 0.2) is 24.3 Å². The van der Waals surface area contributed by atoms with Crippen LogP contribution in [0.2, 0.25) is 0 Å². The highest BCUT2D eigenvalue weighted by Crippen LogP contribution is 2.17. The third-order valence-corrected chi connectivity index (χ3v) is 4.71. The molecule has 2 rings (SSSR count). The van der Waals surface area contributed by atoms with Crippen molar-refractivity contribution in [1.29, 1.82) is 0 Å². The number of thiocarbonyl (C=S) groups is 1. The van der Waals surface area contributed by atoms with Gasteiger partial charge in [-0.15, -0.1) is 0 Å². The molecule has 0 radical (unpaired) electrons. The highest BCUT2D eigenvalue weighted by atomic mass is 32.2. The Morgan fingerprint density at radius 2 is 1.71 bits per heavy atom. The Bertz CT molecular complexity index is 509. The molecule has 2 N–H and O–H groups in total. The molecule has 17 heavy (non-hydrogen) atoms. The summed E-state index contributed by atoms with van der Waals surface area (Å²) >= 11 is 4.88. The standard InChI is InChI=1S/C11H14N2O2S2/c12-11(16)9-1-3-10(4-2-9)13-5-7-17(14,15)8-6-13/h1-4H,5-8H2,(H2,12,16). The van der Waals surface area contributed by atoms with Gasteiger partial charge in [0.25, 0.3) is 0 Å². The van der Waals surface area contributed by atoms with E-state index >= 15 is 0 Å². The smallest absolute Gasteiger partial charge is 0.153 e. The van der Waals surface area contributed by atoms with Crippen LogP contribution in [0.5, 0.6) is 0 Å². The van der Waals surface area contributed by atoms with E-state index in [1.54, 1.807) is 0 Å². The van der Waals surface area contributed by atoms with Gasteiger partial charge in [-0.3, -0.25) is 0 Å². The summed E-state index contributed by atoms with van der Waals surface area (Å²) in [4.78, 5) is 2.43. The Kier molecular flexibility index (Phi) is 3.35. The van der Waals surface area contributed by atoms with E-state index < -0.39 is 9.84 Å². The van der Waals surface area contributed by atoms with Crippen molar-refractivity contribution in [2.75, 3.05) is 29.5 Å². The molecular weight excluding hydrogens is 256 g/mol. The van der Waals surface area contributed by atoms with E-state index in [1.165, 1.54) is 0 Å². The lowest BCUT2D eigenvalue weighted by Gasteiger charge is -2.28. The van der Waals surface area contributed by atoms with Crippen LogP contribution in [0.1, 0.15) is 5.56 Å². The van der Waals surface area contributed by atoms with Gasteiger partial charge in [-0.05, 0) is 24.3 Å². The molecule has 1 fully saturated rings. The van der Waals surface area contributed by atoms with Gasteiger partial charge in [0.05, 0.1) is 11.5 Å². The molecule has 4 nitrogen and oxygen atoms in total. The summed E-state index contributed by atoms with van der Waals surface area (Å²) < 4.78 is 22.6. The van der Waals surface area contributed by atoms with Crippen LogP contribution in [0, 0.1) is 0 Å². The van der Waals surface area contributed by atoms with E-state index in [0.29, 0.717) is 18.1 Å². The fraction of sp³-hybridized carbons (Fsp3) is 0.364. The zero-order valence-corrected chi connectivity index (χ0v) is 10.9. The van der Waals surface area contributed by atoms with Crippen LogP contribution in [0.3, 0.4) is 0 Å². The Labute approximate surface area is 106 Å². The van der Waals surface area contributed by atoms with Gasteiger partial charge < -0.3 is 10.6 Å². The van der Waals surface area contributed by atoms with Gasteiger partial charge in [0, 0.05) is 24.3 Å². The number of sulfone groups is 1. The number of benzene rings is 1. The topological polar surface area (TPSA) is 63.4 Å². The quantitative estimate of drug-likeness (QED) is 0.795. The molecule has 0 atom stereocenters. The lowest BCUT2D eigenvalue weighted by molar-refractivity contribution is 0.587. The van der Waals surface area contributed by atoms with Crippen molar-refractivity contribution in [3.63, 3.8) is 0 Å². The van der Waals surface area contributed by atoms with Gasteiger partial charge in [-0.25, -0.2) is 8.42 Å². The Balaban J connectivity index is 2.11. The summed E-state index contributed by atoms with van der Waals surface area (Å²) in [6, 6.07) is 7.57. The largest absolute Gasteiger partial charge is 0.389 e. The maximum absolute atomic E-state index is 11.3. The molecule has 92 valence electrons. The van der Waals surface area contributed by atoms with E-state index in [1.807, 2.05) is 24.3 Å². The molecule has 1 aliphatic heterocycles. The molecule has 0 spiro atoms. The SMILES string of the molecule is NC(=S)c1ccc(N2CCS(=O)(=O)CC2)cc1. The summed E-state index contributed by atoms with van der Waals surface area (Å²) in [6.07, 6.45) is 0. The predicted molar refractivity (Wildman–Crippen MR) is 73.2 cm³/mol. The monoisotopic (exact) mass is 270 g/mol. The average molecular weight is 270 g/mol. The molecule has 0 unspecified atom stereocenters. The van der Waals surface area contributed by atoms with Crippen molar-refractivity contribution >= 4 is 32.7 Å². The minimum atomic E-state index is -2.83. The number of rotatable bonds is 2. The highest BCUT2D eigenvalue weighted by Gasteiger charge is 2.21. The molecule has 6 heteroatoms. The minimum absolute atomic E-state index is 0.226. The molecular formula is C11H14N2O2S2. The summed E-state index contributed by atoms with van der Waals surface area (Å²) in [7, 11) is -2.83. The summed E-state index contributed by atoms with van der Waals surface area (Å²) in [5.41, 5.74) is 7.36. The fourth-order valence-electron chi connectivity index (χ4n) is 1.81. The Hall–Kier alpha value is -1.14. The minimum Gasteiger partial charge on any atom is -0.389 e. The maximum atomic E-state index is 11.3. The van der Waals surface area contributed by atoms with Crippen molar-refractivity contribution in [3.8, 4) is 0 Å². The third-order valence-electron chi connectivity index (χ3n) is 2.86. The van der Waals surface area contributed by atoms with Gasteiger partial charge in [0.2, 0.25) is 0 Å². The fourth-order valence-corrected chi connectivity index (χ4v) is 3.14. The second-order valence-corrected chi connectivity index (χ2v) is 6.79. The Morgan fingerprint density at radius 3 is 2.18 bits per heavy atom. The lowest BCUT2D eigenvalue weighted by Crippen LogP contribution is -2.40. The number of nitrogens with zero attached hydrogens (tertiary/aromatic N) is 1. The zero-order valence-electron chi connectivity index (χ0n) is 9.30. The first-order valence-electron chi connectivity index (χ1n) is 5.33. The molecule has 0 saturated carbocycles.